The fourth-order valence-corrected chi connectivity index (χ4v) is 4.33. The van der Waals surface area contributed by atoms with Gasteiger partial charge in [0.1, 0.15) is 5.82 Å². The quantitative estimate of drug-likeness (QED) is 0.708. The number of carbonyl (C=O) groups is 1. The Labute approximate surface area is 162 Å². The van der Waals surface area contributed by atoms with Gasteiger partial charge in [0.05, 0.1) is 29.5 Å². The molecule has 4 heterocycles. The van der Waals surface area contributed by atoms with Gasteiger partial charge in [0.2, 0.25) is 0 Å². The summed E-state index contributed by atoms with van der Waals surface area (Å²) < 4.78 is 2.16. The van der Waals surface area contributed by atoms with Gasteiger partial charge < -0.3 is 9.47 Å². The topological polar surface area (TPSA) is 79.7 Å². The predicted octanol–water partition coefficient (Wildman–Crippen LogP) is 3.08. The van der Waals surface area contributed by atoms with Crippen molar-refractivity contribution in [2.45, 2.75) is 45.1 Å². The molecule has 1 unspecified atom stereocenters. The van der Waals surface area contributed by atoms with Gasteiger partial charge in [-0.2, -0.15) is 5.10 Å². The van der Waals surface area contributed by atoms with Gasteiger partial charge in [0.25, 0.3) is 5.91 Å². The van der Waals surface area contributed by atoms with Crippen LogP contribution in [0.15, 0.2) is 29.5 Å². The molecule has 8 heteroatoms. The fourth-order valence-electron chi connectivity index (χ4n) is 3.78. The molecule has 0 radical (unpaired) electrons. The van der Waals surface area contributed by atoms with Crippen LogP contribution in [0.3, 0.4) is 0 Å². The molecule has 1 N–H and O–H groups in total. The van der Waals surface area contributed by atoms with E-state index in [-0.39, 0.29) is 11.8 Å². The Morgan fingerprint density at radius 1 is 1.41 bits per heavy atom. The largest absolute Gasteiger partial charge is 0.338 e. The number of aromatic amines is 1. The lowest BCUT2D eigenvalue weighted by molar-refractivity contribution is 0.0702. The molecule has 1 atom stereocenters. The number of hydrogen-bond donors (Lipinski definition) is 1. The molecule has 3 aromatic rings. The lowest BCUT2D eigenvalue weighted by Crippen LogP contribution is -2.40. The minimum Gasteiger partial charge on any atom is -0.338 e. The van der Waals surface area contributed by atoms with Crippen LogP contribution in [0.1, 0.15) is 59.7 Å². The third-order valence-electron chi connectivity index (χ3n) is 5.09. The zero-order valence-electron chi connectivity index (χ0n) is 15.5. The predicted molar refractivity (Wildman–Crippen MR) is 104 cm³/mol. The Kier molecular flexibility index (Phi) is 5.33. The molecule has 4 rings (SSSR count). The molecule has 142 valence electrons. The maximum atomic E-state index is 13.0. The minimum atomic E-state index is 0.0782. The third kappa shape index (κ3) is 3.80. The molecule has 1 aliphatic heterocycles. The average molecular weight is 385 g/mol. The van der Waals surface area contributed by atoms with Gasteiger partial charge in [-0.25, -0.2) is 9.97 Å². The first-order valence-corrected chi connectivity index (χ1v) is 10.4. The van der Waals surface area contributed by atoms with Crippen molar-refractivity contribution >= 4 is 17.2 Å². The molecular formula is C19H24N6OS. The van der Waals surface area contributed by atoms with Gasteiger partial charge in [-0.3, -0.25) is 9.89 Å². The van der Waals surface area contributed by atoms with E-state index in [1.54, 1.807) is 17.5 Å². The third-order valence-corrected chi connectivity index (χ3v) is 5.72. The van der Waals surface area contributed by atoms with Gasteiger partial charge in [0.15, 0.2) is 0 Å². The van der Waals surface area contributed by atoms with Gasteiger partial charge in [-0.1, -0.05) is 13.3 Å². The van der Waals surface area contributed by atoms with Crippen LogP contribution in [0.4, 0.5) is 0 Å². The lowest BCUT2D eigenvalue weighted by Gasteiger charge is -2.32. The maximum Gasteiger partial charge on any atom is 0.257 e. The SMILES string of the molecule is CCCc1[nH]ncc1C(=O)N1CCCC(c2nccn2Cc2cscn2)C1. The molecule has 1 amide bonds. The Morgan fingerprint density at radius 2 is 2.33 bits per heavy atom. The van der Waals surface area contributed by atoms with E-state index in [9.17, 15) is 4.79 Å². The number of H-pyrrole nitrogens is 1. The van der Waals surface area contributed by atoms with E-state index in [1.165, 1.54) is 0 Å². The van der Waals surface area contributed by atoms with E-state index in [0.29, 0.717) is 12.1 Å². The van der Waals surface area contributed by atoms with Crippen LogP contribution in [-0.2, 0) is 13.0 Å². The van der Waals surface area contributed by atoms with E-state index in [2.05, 4.69) is 37.0 Å². The second-order valence-electron chi connectivity index (χ2n) is 7.00. The van der Waals surface area contributed by atoms with Crippen molar-refractivity contribution in [3.8, 4) is 0 Å². The van der Waals surface area contributed by atoms with E-state index in [1.807, 2.05) is 22.8 Å². The van der Waals surface area contributed by atoms with Crippen LogP contribution in [-0.4, -0.2) is 48.6 Å². The van der Waals surface area contributed by atoms with Crippen molar-refractivity contribution in [3.05, 3.63) is 52.3 Å². The molecule has 0 aromatic carbocycles. The lowest BCUT2D eigenvalue weighted by atomic mass is 9.96. The molecule has 0 saturated carbocycles. The van der Waals surface area contributed by atoms with Crippen molar-refractivity contribution in [1.82, 2.24) is 29.6 Å². The zero-order valence-corrected chi connectivity index (χ0v) is 16.3. The summed E-state index contributed by atoms with van der Waals surface area (Å²) in [5.74, 6) is 1.37. The van der Waals surface area contributed by atoms with Crippen molar-refractivity contribution in [2.24, 2.45) is 0 Å². The van der Waals surface area contributed by atoms with Gasteiger partial charge >= 0.3 is 0 Å². The number of likely N-dealkylation sites (tertiary alicyclic amines) is 1. The Bertz CT molecular complexity index is 884. The van der Waals surface area contributed by atoms with Gasteiger partial charge in [-0.05, 0) is 19.3 Å². The summed E-state index contributed by atoms with van der Waals surface area (Å²) in [5, 5.41) is 9.13. The van der Waals surface area contributed by atoms with Gasteiger partial charge in [-0.15, -0.1) is 11.3 Å². The molecule has 0 aliphatic carbocycles. The summed E-state index contributed by atoms with van der Waals surface area (Å²) in [4.78, 5) is 24.0. The second-order valence-corrected chi connectivity index (χ2v) is 7.71. The first-order valence-electron chi connectivity index (χ1n) is 9.46. The molecule has 0 bridgehead atoms. The minimum absolute atomic E-state index is 0.0782. The van der Waals surface area contributed by atoms with Crippen LogP contribution >= 0.6 is 11.3 Å². The number of aryl methyl sites for hydroxylation is 1. The van der Waals surface area contributed by atoms with Crippen molar-refractivity contribution in [1.29, 1.82) is 0 Å². The molecule has 27 heavy (non-hydrogen) atoms. The summed E-state index contributed by atoms with van der Waals surface area (Å²) in [5.41, 5.74) is 4.55. The van der Waals surface area contributed by atoms with Crippen LogP contribution < -0.4 is 0 Å². The molecule has 0 spiro atoms. The van der Waals surface area contributed by atoms with E-state index in [0.717, 1.165) is 56.0 Å². The monoisotopic (exact) mass is 384 g/mol. The highest BCUT2D eigenvalue weighted by atomic mass is 32.1. The smallest absolute Gasteiger partial charge is 0.257 e. The van der Waals surface area contributed by atoms with E-state index < -0.39 is 0 Å². The molecular weight excluding hydrogens is 360 g/mol. The summed E-state index contributed by atoms with van der Waals surface area (Å²) in [6, 6.07) is 0. The van der Waals surface area contributed by atoms with Crippen molar-refractivity contribution in [3.63, 3.8) is 0 Å². The highest BCUT2D eigenvalue weighted by molar-refractivity contribution is 7.07. The summed E-state index contributed by atoms with van der Waals surface area (Å²) in [7, 11) is 0. The normalized spacial score (nSPS) is 17.4. The number of hydrogen-bond acceptors (Lipinski definition) is 5. The van der Waals surface area contributed by atoms with Gasteiger partial charge in [0, 0.05) is 42.5 Å². The highest BCUT2D eigenvalue weighted by Crippen LogP contribution is 2.27. The molecule has 3 aromatic heterocycles. The number of amides is 1. The van der Waals surface area contributed by atoms with Crippen LogP contribution in [0.2, 0.25) is 0 Å². The van der Waals surface area contributed by atoms with E-state index in [4.69, 9.17) is 0 Å². The zero-order chi connectivity index (χ0) is 18.6. The summed E-state index contributed by atoms with van der Waals surface area (Å²) >= 11 is 1.60. The Morgan fingerprint density at radius 3 is 3.15 bits per heavy atom. The molecule has 1 aliphatic rings. The maximum absolute atomic E-state index is 13.0. The number of aromatic nitrogens is 5. The number of nitrogens with zero attached hydrogens (tertiary/aromatic N) is 5. The average Bonchev–Trinajstić information content (AvgIpc) is 3.44. The highest BCUT2D eigenvalue weighted by Gasteiger charge is 2.29. The number of nitrogens with one attached hydrogen (secondary N) is 1. The van der Waals surface area contributed by atoms with Crippen LogP contribution in [0.5, 0.6) is 0 Å². The first kappa shape index (κ1) is 17.9. The number of piperidine rings is 1. The number of rotatable bonds is 6. The van der Waals surface area contributed by atoms with Crippen LogP contribution in [0.25, 0.3) is 0 Å². The molecule has 1 saturated heterocycles. The second kappa shape index (κ2) is 8.04. The van der Waals surface area contributed by atoms with Crippen molar-refractivity contribution in [2.75, 3.05) is 13.1 Å². The standard InChI is InChI=1S/C19H24N6OS/c1-2-4-17-16(9-22-23-17)19(26)25-7-3-5-14(10-25)18-20-6-8-24(18)11-15-12-27-13-21-15/h6,8-9,12-14H,2-5,7,10-11H2,1H3,(H,22,23). The molecule has 1 fully saturated rings. The number of imidazole rings is 1. The van der Waals surface area contributed by atoms with Crippen molar-refractivity contribution < 1.29 is 4.79 Å². The van der Waals surface area contributed by atoms with E-state index >= 15 is 0 Å². The number of thiazole rings is 1. The Hall–Kier alpha value is -2.48. The first-order chi connectivity index (χ1) is 13.3. The number of carbonyl (C=O) groups excluding carboxylic acids is 1. The summed E-state index contributed by atoms with van der Waals surface area (Å²) in [6.45, 7) is 4.32. The van der Waals surface area contributed by atoms with Crippen LogP contribution in [0, 0.1) is 0 Å². The Balaban J connectivity index is 1.49. The summed E-state index contributed by atoms with van der Waals surface area (Å²) in [6.07, 6.45) is 9.38. The fraction of sp³-hybridized carbons (Fsp3) is 0.474. The molecule has 7 nitrogen and oxygen atoms in total.